The fraction of sp³-hybridized carbons (Fsp3) is 0.143. The first-order valence-electron chi connectivity index (χ1n) is 4.07. The summed E-state index contributed by atoms with van der Waals surface area (Å²) in [4.78, 5) is 14.2. The number of carbonyl (C=O) groups is 1. The molecule has 0 unspecified atom stereocenters. The third kappa shape index (κ3) is 1.98. The molecule has 1 N–H and O–H groups in total. The smallest absolute Gasteiger partial charge is 0.434 e. The second-order valence-electron chi connectivity index (χ2n) is 2.85. The largest absolute Gasteiger partial charge is 0.478 e. The van der Waals surface area contributed by atoms with E-state index in [4.69, 9.17) is 5.11 Å². The number of alkyl halides is 3. The molecular formula is C7H3F3N4O2S. The van der Waals surface area contributed by atoms with Gasteiger partial charge in [0, 0.05) is 11.5 Å². The van der Waals surface area contributed by atoms with Gasteiger partial charge in [-0.15, -0.1) is 0 Å². The van der Waals surface area contributed by atoms with Gasteiger partial charge >= 0.3 is 12.1 Å². The van der Waals surface area contributed by atoms with Gasteiger partial charge < -0.3 is 5.11 Å². The van der Waals surface area contributed by atoms with Crippen LogP contribution in [0.1, 0.15) is 16.1 Å². The van der Waals surface area contributed by atoms with Crippen molar-refractivity contribution in [1.82, 2.24) is 19.1 Å². The maximum absolute atomic E-state index is 12.7. The van der Waals surface area contributed by atoms with Crippen molar-refractivity contribution in [1.29, 1.82) is 0 Å². The fourth-order valence-corrected chi connectivity index (χ4v) is 1.68. The van der Waals surface area contributed by atoms with Gasteiger partial charge in [0.25, 0.3) is 0 Å². The van der Waals surface area contributed by atoms with Crippen LogP contribution in [0.4, 0.5) is 13.2 Å². The molecule has 2 rings (SSSR count). The molecule has 0 aliphatic rings. The molecule has 0 aliphatic heterocycles. The van der Waals surface area contributed by atoms with Crippen LogP contribution in [-0.4, -0.2) is 30.2 Å². The lowest BCUT2D eigenvalue weighted by Crippen LogP contribution is -2.17. The van der Waals surface area contributed by atoms with Crippen LogP contribution < -0.4 is 0 Å². The molecule has 2 heterocycles. The monoisotopic (exact) mass is 264 g/mol. The lowest BCUT2D eigenvalue weighted by atomic mass is 10.2. The number of hydrogen-bond acceptors (Lipinski definition) is 5. The summed E-state index contributed by atoms with van der Waals surface area (Å²) >= 11 is 0.678. The Labute approximate surface area is 95.5 Å². The van der Waals surface area contributed by atoms with Gasteiger partial charge in [0.2, 0.25) is 5.13 Å². The predicted octanol–water partition coefficient (Wildman–Crippen LogP) is 1.44. The molecule has 0 aromatic carbocycles. The molecule has 0 atom stereocenters. The van der Waals surface area contributed by atoms with Crippen LogP contribution in [0.5, 0.6) is 0 Å². The SMILES string of the molecule is O=C(O)c1cnn(-c2ncns2)c1C(F)(F)F. The van der Waals surface area contributed by atoms with Gasteiger partial charge in [-0.25, -0.2) is 9.78 Å². The van der Waals surface area contributed by atoms with Crippen LogP contribution in [0.25, 0.3) is 5.13 Å². The number of rotatable bonds is 2. The van der Waals surface area contributed by atoms with E-state index in [2.05, 4.69) is 14.5 Å². The number of halogens is 3. The van der Waals surface area contributed by atoms with Crippen molar-refractivity contribution in [3.05, 3.63) is 23.8 Å². The molecule has 0 bridgehead atoms. The quantitative estimate of drug-likeness (QED) is 0.887. The van der Waals surface area contributed by atoms with Crippen molar-refractivity contribution < 1.29 is 23.1 Å². The van der Waals surface area contributed by atoms with E-state index in [0.29, 0.717) is 22.4 Å². The van der Waals surface area contributed by atoms with E-state index in [9.17, 15) is 18.0 Å². The van der Waals surface area contributed by atoms with Crippen molar-refractivity contribution in [2.24, 2.45) is 0 Å². The molecule has 17 heavy (non-hydrogen) atoms. The molecule has 2 aromatic heterocycles. The average Bonchev–Trinajstić information content (AvgIpc) is 2.85. The molecule has 0 saturated carbocycles. The van der Waals surface area contributed by atoms with E-state index >= 15 is 0 Å². The van der Waals surface area contributed by atoms with E-state index in [1.807, 2.05) is 0 Å². The summed E-state index contributed by atoms with van der Waals surface area (Å²) in [5.41, 5.74) is -2.30. The Hall–Kier alpha value is -1.97. The van der Waals surface area contributed by atoms with E-state index in [1.54, 1.807) is 0 Å². The zero-order chi connectivity index (χ0) is 12.6. The molecule has 0 fully saturated rings. The molecule has 10 heteroatoms. The van der Waals surface area contributed by atoms with Crippen molar-refractivity contribution >= 4 is 17.5 Å². The number of aromatic carboxylic acids is 1. The third-order valence-corrected chi connectivity index (χ3v) is 2.44. The molecule has 6 nitrogen and oxygen atoms in total. The van der Waals surface area contributed by atoms with Crippen LogP contribution in [-0.2, 0) is 6.18 Å². The highest BCUT2D eigenvalue weighted by Gasteiger charge is 2.41. The van der Waals surface area contributed by atoms with Crippen molar-refractivity contribution in [3.63, 3.8) is 0 Å². The molecule has 90 valence electrons. The van der Waals surface area contributed by atoms with Gasteiger partial charge in [-0.2, -0.15) is 27.3 Å². The summed E-state index contributed by atoms with van der Waals surface area (Å²) in [6, 6.07) is 0. The van der Waals surface area contributed by atoms with Crippen LogP contribution in [0.2, 0.25) is 0 Å². The number of hydrogen-bond donors (Lipinski definition) is 1. The number of aromatic nitrogens is 4. The Kier molecular flexibility index (Phi) is 2.58. The first-order chi connectivity index (χ1) is 7.91. The molecule has 0 aliphatic carbocycles. The van der Waals surface area contributed by atoms with Crippen LogP contribution >= 0.6 is 11.5 Å². The van der Waals surface area contributed by atoms with E-state index in [-0.39, 0.29) is 5.13 Å². The molecule has 0 saturated heterocycles. The standard InChI is InChI=1S/C7H3F3N4O2S/c8-7(9,10)4-3(5(15)16)1-12-14(4)6-11-2-13-17-6/h1-2H,(H,15,16). The van der Waals surface area contributed by atoms with Crippen molar-refractivity contribution in [2.45, 2.75) is 6.18 Å². The van der Waals surface area contributed by atoms with Crippen LogP contribution in [0.15, 0.2) is 12.5 Å². The summed E-state index contributed by atoms with van der Waals surface area (Å²) in [6.07, 6.45) is -3.15. The second kappa shape index (κ2) is 3.80. The maximum Gasteiger partial charge on any atom is 0.434 e. The summed E-state index contributed by atoms with van der Waals surface area (Å²) in [7, 11) is 0. The van der Waals surface area contributed by atoms with Gasteiger partial charge in [-0.05, 0) is 0 Å². The second-order valence-corrected chi connectivity index (χ2v) is 3.60. The Morgan fingerprint density at radius 1 is 1.47 bits per heavy atom. The lowest BCUT2D eigenvalue weighted by molar-refractivity contribution is -0.143. The molecular weight excluding hydrogens is 261 g/mol. The maximum atomic E-state index is 12.7. The normalized spacial score (nSPS) is 11.7. The summed E-state index contributed by atoms with van der Waals surface area (Å²) in [6.45, 7) is 0. The first-order valence-corrected chi connectivity index (χ1v) is 4.84. The highest BCUT2D eigenvalue weighted by Crippen LogP contribution is 2.33. The highest BCUT2D eigenvalue weighted by atomic mass is 32.1. The lowest BCUT2D eigenvalue weighted by Gasteiger charge is -2.08. The Balaban J connectivity index is 2.66. The van der Waals surface area contributed by atoms with Gasteiger partial charge in [0.05, 0.1) is 6.20 Å². The van der Waals surface area contributed by atoms with E-state index in [1.165, 1.54) is 0 Å². The zero-order valence-corrected chi connectivity index (χ0v) is 8.66. The number of carboxylic acid groups (broad SMARTS) is 1. The zero-order valence-electron chi connectivity index (χ0n) is 7.84. The minimum absolute atomic E-state index is 0.148. The fourth-order valence-electron chi connectivity index (χ4n) is 1.18. The average molecular weight is 264 g/mol. The summed E-state index contributed by atoms with van der Waals surface area (Å²) < 4.78 is 42.1. The van der Waals surface area contributed by atoms with Crippen molar-refractivity contribution in [3.8, 4) is 5.13 Å². The van der Waals surface area contributed by atoms with Gasteiger partial charge in [-0.1, -0.05) is 0 Å². The minimum Gasteiger partial charge on any atom is -0.478 e. The molecule has 0 amide bonds. The molecule has 2 aromatic rings. The number of carboxylic acids is 1. The van der Waals surface area contributed by atoms with Crippen LogP contribution in [0, 0.1) is 0 Å². The molecule has 0 spiro atoms. The van der Waals surface area contributed by atoms with Gasteiger partial charge in [-0.3, -0.25) is 0 Å². The van der Waals surface area contributed by atoms with Crippen LogP contribution in [0.3, 0.4) is 0 Å². The number of nitrogens with zero attached hydrogens (tertiary/aromatic N) is 4. The third-order valence-electron chi connectivity index (χ3n) is 1.80. The Morgan fingerprint density at radius 3 is 2.65 bits per heavy atom. The Morgan fingerprint density at radius 2 is 2.18 bits per heavy atom. The van der Waals surface area contributed by atoms with E-state index < -0.39 is 23.4 Å². The highest BCUT2D eigenvalue weighted by molar-refractivity contribution is 7.07. The molecule has 0 radical (unpaired) electrons. The predicted molar refractivity (Wildman–Crippen MR) is 49.0 cm³/mol. The Bertz CT molecular complexity index is 548. The van der Waals surface area contributed by atoms with Gasteiger partial charge in [0.15, 0.2) is 5.69 Å². The first kappa shape index (κ1) is 11.5. The topological polar surface area (TPSA) is 80.9 Å². The van der Waals surface area contributed by atoms with E-state index in [0.717, 1.165) is 6.33 Å². The van der Waals surface area contributed by atoms with Gasteiger partial charge in [0.1, 0.15) is 11.9 Å². The minimum atomic E-state index is -4.84. The van der Waals surface area contributed by atoms with Crippen molar-refractivity contribution in [2.75, 3.05) is 0 Å². The summed E-state index contributed by atoms with van der Waals surface area (Å²) in [5.74, 6) is -1.70. The summed E-state index contributed by atoms with van der Waals surface area (Å²) in [5, 5.41) is 11.9.